The van der Waals surface area contributed by atoms with Gasteiger partial charge < -0.3 is 10.6 Å². The molecular weight excluding hydrogens is 200 g/mol. The summed E-state index contributed by atoms with van der Waals surface area (Å²) >= 11 is 0. The fraction of sp³-hybridized carbons (Fsp3) is 0.462. The molecule has 0 atom stereocenters. The molecule has 0 unspecified atom stereocenters. The van der Waals surface area contributed by atoms with E-state index in [0.717, 1.165) is 12.0 Å². The molecule has 1 saturated heterocycles. The van der Waals surface area contributed by atoms with Gasteiger partial charge in [-0.05, 0) is 42.5 Å². The van der Waals surface area contributed by atoms with Crippen molar-refractivity contribution in [1.82, 2.24) is 4.90 Å². The largest absolute Gasteiger partial charge is 0.335 e. The lowest BCUT2D eigenvalue weighted by molar-refractivity contribution is 0.0608. The molecule has 3 heteroatoms. The van der Waals surface area contributed by atoms with Crippen LogP contribution in [-0.2, 0) is 12.8 Å². The molecule has 1 aliphatic heterocycles. The first-order valence-corrected chi connectivity index (χ1v) is 5.91. The van der Waals surface area contributed by atoms with Gasteiger partial charge in [0, 0.05) is 24.7 Å². The molecule has 0 spiro atoms. The van der Waals surface area contributed by atoms with Gasteiger partial charge >= 0.3 is 0 Å². The smallest absolute Gasteiger partial charge is 0.253 e. The normalized spacial score (nSPS) is 19.4. The lowest BCUT2D eigenvalue weighted by atomic mass is 10.0. The third kappa shape index (κ3) is 1.52. The molecule has 0 radical (unpaired) electrons. The zero-order chi connectivity index (χ0) is 11.1. The van der Waals surface area contributed by atoms with Crippen molar-refractivity contribution in [3.63, 3.8) is 0 Å². The Morgan fingerprint density at radius 2 is 2.00 bits per heavy atom. The topological polar surface area (TPSA) is 46.3 Å². The minimum atomic E-state index is 0.136. The zero-order valence-corrected chi connectivity index (χ0v) is 9.28. The van der Waals surface area contributed by atoms with Crippen LogP contribution < -0.4 is 5.73 Å². The molecule has 16 heavy (non-hydrogen) atoms. The number of rotatable bonds is 1. The Morgan fingerprint density at radius 1 is 1.25 bits per heavy atom. The van der Waals surface area contributed by atoms with Gasteiger partial charge in [-0.1, -0.05) is 6.07 Å². The molecule has 2 N–H and O–H groups in total. The molecule has 1 amide bonds. The van der Waals surface area contributed by atoms with E-state index in [-0.39, 0.29) is 11.9 Å². The molecule has 84 valence electrons. The summed E-state index contributed by atoms with van der Waals surface area (Å²) in [4.78, 5) is 13.9. The number of carbonyl (C=O) groups excluding carboxylic acids is 1. The summed E-state index contributed by atoms with van der Waals surface area (Å²) in [6.45, 7) is 1.41. The number of hydrogen-bond donors (Lipinski definition) is 1. The fourth-order valence-electron chi connectivity index (χ4n) is 2.57. The molecule has 1 aromatic carbocycles. The number of amides is 1. The quantitative estimate of drug-likeness (QED) is 0.760. The number of nitrogens with zero attached hydrogens (tertiary/aromatic N) is 1. The predicted octanol–water partition coefficient (Wildman–Crippen LogP) is 0.958. The standard InChI is InChI=1S/C13H16N2O/c14-12-7-15(8-12)13(16)11-5-4-9-2-1-3-10(9)6-11/h4-6,12H,1-3,7-8,14H2. The number of aryl methyl sites for hydroxylation is 2. The second-order valence-electron chi connectivity index (χ2n) is 4.81. The molecule has 2 aliphatic rings. The molecular formula is C13H16N2O. The van der Waals surface area contributed by atoms with E-state index in [2.05, 4.69) is 12.1 Å². The third-order valence-corrected chi connectivity index (χ3v) is 3.54. The summed E-state index contributed by atoms with van der Waals surface area (Å²) in [7, 11) is 0. The van der Waals surface area contributed by atoms with Gasteiger partial charge in [-0.2, -0.15) is 0 Å². The molecule has 0 saturated carbocycles. The Hall–Kier alpha value is -1.35. The summed E-state index contributed by atoms with van der Waals surface area (Å²) in [6, 6.07) is 6.30. The highest BCUT2D eigenvalue weighted by Gasteiger charge is 2.28. The molecule has 0 aromatic heterocycles. The highest BCUT2D eigenvalue weighted by Crippen LogP contribution is 2.24. The maximum absolute atomic E-state index is 12.0. The fourth-order valence-corrected chi connectivity index (χ4v) is 2.57. The SMILES string of the molecule is NC1CN(C(=O)c2ccc3c(c2)CCC3)C1. The van der Waals surface area contributed by atoms with Crippen molar-refractivity contribution in [2.24, 2.45) is 5.73 Å². The monoisotopic (exact) mass is 216 g/mol. The van der Waals surface area contributed by atoms with Crippen molar-refractivity contribution in [3.05, 3.63) is 34.9 Å². The summed E-state index contributed by atoms with van der Waals surface area (Å²) in [5.74, 6) is 0.136. The van der Waals surface area contributed by atoms with Crippen molar-refractivity contribution in [3.8, 4) is 0 Å². The average Bonchev–Trinajstić information content (AvgIpc) is 2.70. The first kappa shape index (κ1) is 9.85. The minimum Gasteiger partial charge on any atom is -0.335 e. The van der Waals surface area contributed by atoms with Crippen LogP contribution in [0.2, 0.25) is 0 Å². The predicted molar refractivity (Wildman–Crippen MR) is 62.3 cm³/mol. The molecule has 1 aromatic rings. The Bertz CT molecular complexity index is 436. The number of hydrogen-bond acceptors (Lipinski definition) is 2. The van der Waals surface area contributed by atoms with Crippen LogP contribution in [0.4, 0.5) is 0 Å². The number of likely N-dealkylation sites (tertiary alicyclic amines) is 1. The number of benzene rings is 1. The Kier molecular flexibility index (Phi) is 2.21. The highest BCUT2D eigenvalue weighted by molar-refractivity contribution is 5.95. The first-order chi connectivity index (χ1) is 7.74. The van der Waals surface area contributed by atoms with E-state index in [4.69, 9.17) is 5.73 Å². The van der Waals surface area contributed by atoms with Crippen molar-refractivity contribution in [1.29, 1.82) is 0 Å². The van der Waals surface area contributed by atoms with Crippen molar-refractivity contribution >= 4 is 5.91 Å². The maximum atomic E-state index is 12.0. The number of carbonyl (C=O) groups is 1. The third-order valence-electron chi connectivity index (χ3n) is 3.54. The highest BCUT2D eigenvalue weighted by atomic mass is 16.2. The summed E-state index contributed by atoms with van der Waals surface area (Å²) in [5.41, 5.74) is 9.28. The maximum Gasteiger partial charge on any atom is 0.253 e. The average molecular weight is 216 g/mol. The van der Waals surface area contributed by atoms with E-state index in [1.165, 1.54) is 24.0 Å². The molecule has 1 aliphatic carbocycles. The second-order valence-corrected chi connectivity index (χ2v) is 4.81. The number of fused-ring (bicyclic) bond motifs is 1. The van der Waals surface area contributed by atoms with Crippen LogP contribution >= 0.6 is 0 Å². The first-order valence-electron chi connectivity index (χ1n) is 5.91. The van der Waals surface area contributed by atoms with Gasteiger partial charge in [0.1, 0.15) is 0 Å². The van der Waals surface area contributed by atoms with E-state index >= 15 is 0 Å². The van der Waals surface area contributed by atoms with E-state index in [0.29, 0.717) is 13.1 Å². The molecule has 1 fully saturated rings. The van der Waals surface area contributed by atoms with Gasteiger partial charge in [-0.25, -0.2) is 0 Å². The van der Waals surface area contributed by atoms with Crippen LogP contribution in [-0.4, -0.2) is 29.9 Å². The number of nitrogens with two attached hydrogens (primary N) is 1. The lowest BCUT2D eigenvalue weighted by Gasteiger charge is -2.36. The summed E-state index contributed by atoms with van der Waals surface area (Å²) in [5, 5.41) is 0. The van der Waals surface area contributed by atoms with Crippen LogP contribution in [0.15, 0.2) is 18.2 Å². The Morgan fingerprint density at radius 3 is 2.75 bits per heavy atom. The van der Waals surface area contributed by atoms with Crippen molar-refractivity contribution in [2.75, 3.05) is 13.1 Å². The summed E-state index contributed by atoms with van der Waals surface area (Å²) < 4.78 is 0. The van der Waals surface area contributed by atoms with Crippen LogP contribution in [0.1, 0.15) is 27.9 Å². The van der Waals surface area contributed by atoms with E-state index < -0.39 is 0 Å². The summed E-state index contributed by atoms with van der Waals surface area (Å²) in [6.07, 6.45) is 3.51. The Labute approximate surface area is 95.2 Å². The van der Waals surface area contributed by atoms with Crippen LogP contribution in [0.5, 0.6) is 0 Å². The van der Waals surface area contributed by atoms with E-state index in [9.17, 15) is 4.79 Å². The lowest BCUT2D eigenvalue weighted by Crippen LogP contribution is -2.57. The van der Waals surface area contributed by atoms with E-state index in [1.54, 1.807) is 0 Å². The second kappa shape index (κ2) is 3.59. The van der Waals surface area contributed by atoms with Crippen LogP contribution in [0, 0.1) is 0 Å². The van der Waals surface area contributed by atoms with Gasteiger partial charge in [0.2, 0.25) is 0 Å². The van der Waals surface area contributed by atoms with E-state index in [1.807, 2.05) is 11.0 Å². The van der Waals surface area contributed by atoms with Crippen molar-refractivity contribution in [2.45, 2.75) is 25.3 Å². The zero-order valence-electron chi connectivity index (χ0n) is 9.28. The van der Waals surface area contributed by atoms with Crippen molar-refractivity contribution < 1.29 is 4.79 Å². The van der Waals surface area contributed by atoms with Gasteiger partial charge in [-0.3, -0.25) is 4.79 Å². The molecule has 0 bridgehead atoms. The van der Waals surface area contributed by atoms with Gasteiger partial charge in [-0.15, -0.1) is 0 Å². The molecule has 3 nitrogen and oxygen atoms in total. The molecule has 3 rings (SSSR count). The van der Waals surface area contributed by atoms with Crippen LogP contribution in [0.3, 0.4) is 0 Å². The van der Waals surface area contributed by atoms with Gasteiger partial charge in [0.05, 0.1) is 0 Å². The van der Waals surface area contributed by atoms with Gasteiger partial charge in [0.15, 0.2) is 0 Å². The van der Waals surface area contributed by atoms with Gasteiger partial charge in [0.25, 0.3) is 5.91 Å². The Balaban J connectivity index is 1.82. The molecule has 1 heterocycles. The minimum absolute atomic E-state index is 0.136. The van der Waals surface area contributed by atoms with Crippen LogP contribution in [0.25, 0.3) is 0 Å².